The summed E-state index contributed by atoms with van der Waals surface area (Å²) in [6.45, 7) is -0.193. The number of carbonyl (C=O) groups excluding carboxylic acids is 2. The van der Waals surface area contributed by atoms with Gasteiger partial charge in [0.15, 0.2) is 5.54 Å². The van der Waals surface area contributed by atoms with E-state index >= 15 is 0 Å². The largest absolute Gasteiger partial charge is 0.496 e. The Morgan fingerprint density at radius 3 is 2.63 bits per heavy atom. The molecule has 0 saturated carbocycles. The van der Waals surface area contributed by atoms with Crippen molar-refractivity contribution < 1.29 is 18.7 Å². The fraction of sp³-hybridized carbons (Fsp3) is 0.333. The van der Waals surface area contributed by atoms with Crippen molar-refractivity contribution >= 4 is 11.9 Å². The molecule has 1 aromatic carbocycles. The highest BCUT2D eigenvalue weighted by molar-refractivity contribution is 6.07. The number of urea groups is 1. The highest BCUT2D eigenvalue weighted by atomic mass is 19.1. The fourth-order valence-electron chi connectivity index (χ4n) is 2.14. The molecule has 1 unspecified atom stereocenters. The normalized spacial score (nSPS) is 22.6. The summed E-state index contributed by atoms with van der Waals surface area (Å²) in [5.41, 5.74) is 4.37. The Morgan fingerprint density at radius 1 is 1.47 bits per heavy atom. The van der Waals surface area contributed by atoms with Gasteiger partial charge < -0.3 is 15.8 Å². The van der Waals surface area contributed by atoms with Crippen molar-refractivity contribution in [2.24, 2.45) is 5.73 Å². The Kier molecular flexibility index (Phi) is 3.15. The Bertz CT molecular complexity index is 549. The van der Waals surface area contributed by atoms with Gasteiger partial charge in [-0.3, -0.25) is 9.69 Å². The second kappa shape index (κ2) is 4.51. The van der Waals surface area contributed by atoms with E-state index in [4.69, 9.17) is 10.5 Å². The fourth-order valence-corrected chi connectivity index (χ4v) is 2.14. The summed E-state index contributed by atoms with van der Waals surface area (Å²) in [5, 5.41) is 2.50. The molecule has 1 aliphatic rings. The first kappa shape index (κ1) is 13.3. The summed E-state index contributed by atoms with van der Waals surface area (Å²) < 4.78 is 18.5. The van der Waals surface area contributed by atoms with Gasteiger partial charge in [0.25, 0.3) is 5.91 Å². The number of rotatable bonds is 3. The number of hydrogen-bond donors (Lipinski definition) is 2. The van der Waals surface area contributed by atoms with Crippen molar-refractivity contribution in [1.82, 2.24) is 10.2 Å². The molecule has 1 heterocycles. The lowest BCUT2D eigenvalue weighted by molar-refractivity contribution is -0.130. The molecule has 19 heavy (non-hydrogen) atoms. The van der Waals surface area contributed by atoms with Crippen molar-refractivity contribution in [3.8, 4) is 5.75 Å². The Morgan fingerprint density at radius 2 is 2.16 bits per heavy atom. The molecule has 0 radical (unpaired) electrons. The molecule has 0 bridgehead atoms. The number of nitrogens with two attached hydrogens (primary N) is 1. The van der Waals surface area contributed by atoms with Gasteiger partial charge in [-0.2, -0.15) is 0 Å². The summed E-state index contributed by atoms with van der Waals surface area (Å²) in [5.74, 6) is -0.792. The Hall–Kier alpha value is -2.15. The van der Waals surface area contributed by atoms with Gasteiger partial charge in [0, 0.05) is 19.2 Å². The monoisotopic (exact) mass is 267 g/mol. The molecule has 1 fully saturated rings. The number of nitrogens with one attached hydrogen (secondary N) is 1. The van der Waals surface area contributed by atoms with E-state index in [1.807, 2.05) is 0 Å². The van der Waals surface area contributed by atoms with Gasteiger partial charge in [0.1, 0.15) is 11.6 Å². The quantitative estimate of drug-likeness (QED) is 0.765. The van der Waals surface area contributed by atoms with E-state index in [0.29, 0.717) is 0 Å². The lowest BCUT2D eigenvalue weighted by Gasteiger charge is -2.26. The highest BCUT2D eigenvalue weighted by Crippen LogP contribution is 2.34. The minimum absolute atomic E-state index is 0.193. The molecule has 1 aromatic rings. The molecule has 1 atom stereocenters. The number of imide groups is 1. The summed E-state index contributed by atoms with van der Waals surface area (Å²) in [6.07, 6.45) is 0. The van der Waals surface area contributed by atoms with E-state index in [-0.39, 0.29) is 17.9 Å². The molecular formula is C12H14FN3O3. The molecule has 3 amide bonds. The average Bonchev–Trinajstić information content (AvgIpc) is 2.63. The molecule has 0 spiro atoms. The van der Waals surface area contributed by atoms with Gasteiger partial charge in [0.2, 0.25) is 0 Å². The lowest BCUT2D eigenvalue weighted by atomic mass is 9.89. The molecule has 102 valence electrons. The molecule has 2 rings (SSSR count). The van der Waals surface area contributed by atoms with Crippen LogP contribution < -0.4 is 15.8 Å². The maximum atomic E-state index is 13.4. The summed E-state index contributed by atoms with van der Waals surface area (Å²) in [6, 6.07) is 3.15. The van der Waals surface area contributed by atoms with E-state index < -0.39 is 23.3 Å². The third-order valence-electron chi connectivity index (χ3n) is 3.22. The number of hydrogen-bond acceptors (Lipinski definition) is 4. The molecule has 0 aromatic heterocycles. The van der Waals surface area contributed by atoms with Gasteiger partial charge >= 0.3 is 6.03 Å². The zero-order valence-electron chi connectivity index (χ0n) is 10.6. The van der Waals surface area contributed by atoms with Crippen molar-refractivity contribution in [1.29, 1.82) is 0 Å². The number of nitrogens with zero attached hydrogens (tertiary/aromatic N) is 1. The van der Waals surface area contributed by atoms with Gasteiger partial charge in [-0.15, -0.1) is 0 Å². The Balaban J connectivity index is 2.63. The summed E-state index contributed by atoms with van der Waals surface area (Å²) in [4.78, 5) is 24.8. The predicted molar refractivity (Wildman–Crippen MR) is 65.0 cm³/mol. The number of methoxy groups -OCH3 is 1. The first-order valence-corrected chi connectivity index (χ1v) is 5.60. The molecule has 7 heteroatoms. The van der Waals surface area contributed by atoms with E-state index in [0.717, 1.165) is 11.0 Å². The highest BCUT2D eigenvalue weighted by Gasteiger charge is 2.51. The van der Waals surface area contributed by atoms with Crippen LogP contribution in [0.3, 0.4) is 0 Å². The number of carbonyl (C=O) groups is 2. The number of amides is 3. The van der Waals surface area contributed by atoms with Gasteiger partial charge in [-0.1, -0.05) is 0 Å². The van der Waals surface area contributed by atoms with E-state index in [1.165, 1.54) is 26.3 Å². The third kappa shape index (κ3) is 1.82. The first-order valence-electron chi connectivity index (χ1n) is 5.60. The first-order chi connectivity index (χ1) is 8.96. The summed E-state index contributed by atoms with van der Waals surface area (Å²) in [7, 11) is 2.73. The van der Waals surface area contributed by atoms with Crippen LogP contribution in [0.5, 0.6) is 5.75 Å². The van der Waals surface area contributed by atoms with E-state index in [2.05, 4.69) is 5.32 Å². The topological polar surface area (TPSA) is 84.7 Å². The van der Waals surface area contributed by atoms with Crippen LogP contribution in [0.4, 0.5) is 9.18 Å². The van der Waals surface area contributed by atoms with Gasteiger partial charge in [-0.25, -0.2) is 9.18 Å². The zero-order valence-corrected chi connectivity index (χ0v) is 10.6. The molecule has 1 saturated heterocycles. The number of halogens is 1. The van der Waals surface area contributed by atoms with Crippen LogP contribution in [0, 0.1) is 5.82 Å². The lowest BCUT2D eigenvalue weighted by Crippen LogP contribution is -2.50. The third-order valence-corrected chi connectivity index (χ3v) is 3.22. The SMILES string of the molecule is COc1ccc(F)cc1C1(CN)NC(=O)N(C)C1=O. The second-order valence-corrected chi connectivity index (χ2v) is 4.25. The standard InChI is InChI=1S/C12H14FN3O3/c1-16-10(17)12(6-14,15-11(16)18)8-5-7(13)3-4-9(8)19-2/h3-5H,6,14H2,1-2H3,(H,15,18). The molecule has 1 aliphatic heterocycles. The van der Waals surface area contributed by atoms with Crippen LogP contribution in [0.15, 0.2) is 18.2 Å². The number of likely N-dealkylation sites (N-methyl/N-ethyl adjacent to an activating group) is 1. The van der Waals surface area contributed by atoms with E-state index in [1.54, 1.807) is 0 Å². The van der Waals surface area contributed by atoms with Crippen LogP contribution in [0.1, 0.15) is 5.56 Å². The van der Waals surface area contributed by atoms with Crippen LogP contribution in [-0.4, -0.2) is 37.5 Å². The van der Waals surface area contributed by atoms with Crippen LogP contribution in [0.2, 0.25) is 0 Å². The molecule has 3 N–H and O–H groups in total. The molecule has 6 nitrogen and oxygen atoms in total. The Labute approximate surface area is 109 Å². The maximum absolute atomic E-state index is 13.4. The van der Waals surface area contributed by atoms with E-state index in [9.17, 15) is 14.0 Å². The van der Waals surface area contributed by atoms with Gasteiger partial charge in [0.05, 0.1) is 7.11 Å². The maximum Gasteiger partial charge on any atom is 0.325 e. The van der Waals surface area contributed by atoms with Crippen molar-refractivity contribution in [2.45, 2.75) is 5.54 Å². The number of ether oxygens (including phenoxy) is 1. The summed E-state index contributed by atoms with van der Waals surface area (Å²) >= 11 is 0. The minimum Gasteiger partial charge on any atom is -0.496 e. The zero-order chi connectivity index (χ0) is 14.2. The van der Waals surface area contributed by atoms with Crippen LogP contribution >= 0.6 is 0 Å². The second-order valence-electron chi connectivity index (χ2n) is 4.25. The van der Waals surface area contributed by atoms with Gasteiger partial charge in [-0.05, 0) is 18.2 Å². The van der Waals surface area contributed by atoms with Crippen LogP contribution in [-0.2, 0) is 10.3 Å². The van der Waals surface area contributed by atoms with Crippen LogP contribution in [0.25, 0.3) is 0 Å². The van der Waals surface area contributed by atoms with Crippen molar-refractivity contribution in [3.05, 3.63) is 29.6 Å². The number of benzene rings is 1. The van der Waals surface area contributed by atoms with Crippen molar-refractivity contribution in [3.63, 3.8) is 0 Å². The average molecular weight is 267 g/mol. The molecule has 0 aliphatic carbocycles. The smallest absolute Gasteiger partial charge is 0.325 e. The van der Waals surface area contributed by atoms with Crippen molar-refractivity contribution in [2.75, 3.05) is 20.7 Å². The predicted octanol–water partition coefficient (Wildman–Crippen LogP) is 0.170. The molecular weight excluding hydrogens is 253 g/mol. The minimum atomic E-state index is -1.49.